The van der Waals surface area contributed by atoms with Gasteiger partial charge in [-0.05, 0) is 80.9 Å². The van der Waals surface area contributed by atoms with Gasteiger partial charge in [0.15, 0.2) is 0 Å². The summed E-state index contributed by atoms with van der Waals surface area (Å²) in [7, 11) is -0.412. The number of rotatable bonds is 5. The van der Waals surface area contributed by atoms with Crippen LogP contribution >= 0.6 is 23.2 Å². The zero-order valence-corrected chi connectivity index (χ0v) is 21.8. The van der Waals surface area contributed by atoms with Gasteiger partial charge in [0.1, 0.15) is 5.37 Å². The van der Waals surface area contributed by atoms with E-state index in [9.17, 15) is 13.2 Å². The Morgan fingerprint density at radius 3 is 2.35 bits per heavy atom. The van der Waals surface area contributed by atoms with Gasteiger partial charge in [0, 0.05) is 26.3 Å². The van der Waals surface area contributed by atoms with Crippen molar-refractivity contribution in [3.8, 4) is 0 Å². The van der Waals surface area contributed by atoms with Crippen LogP contribution in [0.2, 0.25) is 10.0 Å². The maximum Gasteiger partial charge on any atom is 0.254 e. The fourth-order valence-corrected chi connectivity index (χ4v) is 7.88. The predicted molar refractivity (Wildman–Crippen MR) is 138 cm³/mol. The molecule has 34 heavy (non-hydrogen) atoms. The fourth-order valence-electron chi connectivity index (χ4n) is 5.21. The third kappa shape index (κ3) is 5.08. The van der Waals surface area contributed by atoms with Gasteiger partial charge in [-0.25, -0.2) is 8.42 Å². The Balaban J connectivity index is 1.71. The van der Waals surface area contributed by atoms with Gasteiger partial charge < -0.3 is 15.1 Å². The third-order valence-electron chi connectivity index (χ3n) is 7.07. The molecule has 2 fully saturated rings. The average molecular weight is 525 g/mol. The van der Waals surface area contributed by atoms with E-state index >= 15 is 0 Å². The highest BCUT2D eigenvalue weighted by Crippen LogP contribution is 2.40. The first kappa shape index (κ1) is 25.3. The Labute approximate surface area is 212 Å². The number of hydrogen-bond acceptors (Lipinski definition) is 5. The third-order valence-corrected chi connectivity index (χ3v) is 9.95. The summed E-state index contributed by atoms with van der Waals surface area (Å²) in [5.74, 6) is 0.642. The van der Waals surface area contributed by atoms with Crippen LogP contribution in [0.5, 0.6) is 0 Å². The molecular formula is C25H31Cl2N3O3S. The number of sulfone groups is 1. The molecule has 0 aromatic heterocycles. The Morgan fingerprint density at radius 1 is 1.00 bits per heavy atom. The minimum atomic E-state index is -3.75. The topological polar surface area (TPSA) is 69.7 Å². The van der Waals surface area contributed by atoms with Crippen LogP contribution in [0.4, 0.5) is 5.69 Å². The van der Waals surface area contributed by atoms with E-state index in [1.54, 1.807) is 56.6 Å². The molecule has 2 saturated heterocycles. The zero-order chi connectivity index (χ0) is 24.5. The quantitative estimate of drug-likeness (QED) is 0.614. The molecule has 0 spiro atoms. The maximum absolute atomic E-state index is 13.9. The summed E-state index contributed by atoms with van der Waals surface area (Å²) in [6, 6.07) is 11.8. The largest absolute Gasteiger partial charge is 0.355 e. The van der Waals surface area contributed by atoms with Gasteiger partial charge in [-0.15, -0.1) is 0 Å². The Hall–Kier alpha value is -1.80. The van der Waals surface area contributed by atoms with Crippen LogP contribution in [-0.4, -0.2) is 58.3 Å². The lowest BCUT2D eigenvalue weighted by molar-refractivity contribution is 0.0828. The number of hydrogen-bond donors (Lipinski definition) is 1. The van der Waals surface area contributed by atoms with E-state index in [2.05, 4.69) is 5.32 Å². The van der Waals surface area contributed by atoms with Crippen LogP contribution in [0, 0.1) is 11.8 Å². The lowest BCUT2D eigenvalue weighted by Crippen LogP contribution is -2.49. The van der Waals surface area contributed by atoms with Crippen LogP contribution in [0.3, 0.4) is 0 Å². The first-order valence-electron chi connectivity index (χ1n) is 11.7. The highest BCUT2D eigenvalue weighted by Gasteiger charge is 2.41. The number of halogens is 2. The summed E-state index contributed by atoms with van der Waals surface area (Å²) < 4.78 is 27.9. The first-order chi connectivity index (χ1) is 16.2. The summed E-state index contributed by atoms with van der Waals surface area (Å²) in [6.07, 6.45) is 3.58. The smallest absolute Gasteiger partial charge is 0.254 e. The predicted octanol–water partition coefficient (Wildman–Crippen LogP) is 4.71. The molecule has 4 rings (SSSR count). The minimum absolute atomic E-state index is 0.156. The van der Waals surface area contributed by atoms with E-state index in [1.807, 2.05) is 4.90 Å². The number of carbonyl (C=O) groups is 1. The Bertz CT molecular complexity index is 1150. The van der Waals surface area contributed by atoms with Crippen molar-refractivity contribution in [2.24, 2.45) is 11.8 Å². The molecule has 6 nitrogen and oxygen atoms in total. The highest BCUT2D eigenvalue weighted by atomic mass is 35.5. The zero-order valence-electron chi connectivity index (χ0n) is 19.5. The molecule has 1 unspecified atom stereocenters. The van der Waals surface area contributed by atoms with Crippen LogP contribution in [0.15, 0.2) is 47.4 Å². The van der Waals surface area contributed by atoms with Gasteiger partial charge in [-0.2, -0.15) is 0 Å². The summed E-state index contributed by atoms with van der Waals surface area (Å²) in [5.41, 5.74) is 1.09. The van der Waals surface area contributed by atoms with E-state index in [1.165, 1.54) is 4.90 Å². The van der Waals surface area contributed by atoms with Gasteiger partial charge in [-0.1, -0.05) is 35.3 Å². The molecule has 9 heteroatoms. The average Bonchev–Trinajstić information content (AvgIpc) is 2.84. The number of amides is 1. The number of piperidine rings is 2. The SMILES string of the molecule is CN(C)C(=O)c1ccc(N2CCC(C3CCNCC3)C[C@H]2S(=O)(=O)c2ccccc2Cl)cc1Cl. The van der Waals surface area contributed by atoms with Crippen molar-refractivity contribution < 1.29 is 13.2 Å². The molecule has 2 atom stereocenters. The van der Waals surface area contributed by atoms with E-state index in [0.29, 0.717) is 41.1 Å². The Morgan fingerprint density at radius 2 is 1.71 bits per heavy atom. The van der Waals surface area contributed by atoms with Crippen LogP contribution < -0.4 is 10.2 Å². The summed E-state index contributed by atoms with van der Waals surface area (Å²) in [4.78, 5) is 16.0. The number of carbonyl (C=O) groups excluding carboxylic acids is 1. The maximum atomic E-state index is 13.9. The van der Waals surface area contributed by atoms with E-state index < -0.39 is 15.2 Å². The molecule has 1 amide bonds. The van der Waals surface area contributed by atoms with E-state index in [-0.39, 0.29) is 15.8 Å². The minimum Gasteiger partial charge on any atom is -0.355 e. The second kappa shape index (κ2) is 10.4. The molecule has 2 heterocycles. The van der Waals surface area contributed by atoms with Gasteiger partial charge in [-0.3, -0.25) is 4.79 Å². The number of anilines is 1. The summed E-state index contributed by atoms with van der Waals surface area (Å²) in [5, 5.41) is 3.19. The van der Waals surface area contributed by atoms with Gasteiger partial charge in [0.25, 0.3) is 5.91 Å². The summed E-state index contributed by atoms with van der Waals surface area (Å²) >= 11 is 12.8. The molecular weight excluding hydrogens is 493 g/mol. The van der Waals surface area contributed by atoms with Crippen molar-refractivity contribution >= 4 is 44.6 Å². The molecule has 0 aliphatic carbocycles. The molecule has 0 bridgehead atoms. The van der Waals surface area contributed by atoms with Crippen molar-refractivity contribution in [3.05, 3.63) is 58.1 Å². The molecule has 2 aliphatic rings. The van der Waals surface area contributed by atoms with Gasteiger partial charge >= 0.3 is 0 Å². The first-order valence-corrected chi connectivity index (χ1v) is 14.0. The van der Waals surface area contributed by atoms with Crippen molar-refractivity contribution in [1.82, 2.24) is 10.2 Å². The van der Waals surface area contributed by atoms with Crippen molar-refractivity contribution in [2.75, 3.05) is 38.6 Å². The van der Waals surface area contributed by atoms with Crippen molar-refractivity contribution in [2.45, 2.75) is 36.0 Å². The van der Waals surface area contributed by atoms with Gasteiger partial charge in [0.2, 0.25) is 9.84 Å². The second-order valence-corrected chi connectivity index (χ2v) is 12.2. The van der Waals surface area contributed by atoms with Gasteiger partial charge in [0.05, 0.1) is 20.5 Å². The lowest BCUT2D eigenvalue weighted by atomic mass is 9.79. The van der Waals surface area contributed by atoms with Crippen LogP contribution in [-0.2, 0) is 9.84 Å². The molecule has 2 aromatic carbocycles. The molecule has 0 radical (unpaired) electrons. The molecule has 184 valence electrons. The standard InChI is InChI=1S/C25H31Cl2N3O3S/c1-29(2)25(31)20-8-7-19(16-22(20)27)30-14-11-18(17-9-12-28-13-10-17)15-24(30)34(32,33)23-6-4-3-5-21(23)26/h3-8,16-18,24,28H,9-15H2,1-2H3/t18?,24-/m1/s1. The number of nitrogens with zero attached hydrogens (tertiary/aromatic N) is 2. The lowest BCUT2D eigenvalue weighted by Gasteiger charge is -2.43. The fraction of sp³-hybridized carbons (Fsp3) is 0.480. The van der Waals surface area contributed by atoms with Crippen molar-refractivity contribution in [1.29, 1.82) is 0 Å². The number of benzene rings is 2. The van der Waals surface area contributed by atoms with Crippen LogP contribution in [0.1, 0.15) is 36.0 Å². The molecule has 0 saturated carbocycles. The normalized spacial score (nSPS) is 21.9. The Kier molecular flexibility index (Phi) is 7.77. The second-order valence-electron chi connectivity index (χ2n) is 9.36. The number of nitrogens with one attached hydrogen (secondary N) is 1. The van der Waals surface area contributed by atoms with E-state index in [4.69, 9.17) is 23.2 Å². The van der Waals surface area contributed by atoms with Crippen LogP contribution in [0.25, 0.3) is 0 Å². The van der Waals surface area contributed by atoms with Crippen molar-refractivity contribution in [3.63, 3.8) is 0 Å². The highest BCUT2D eigenvalue weighted by molar-refractivity contribution is 7.92. The van der Waals surface area contributed by atoms with E-state index in [0.717, 1.165) is 32.4 Å². The monoisotopic (exact) mass is 523 g/mol. The molecule has 2 aromatic rings. The molecule has 2 aliphatic heterocycles. The molecule has 1 N–H and O–H groups in total. The summed E-state index contributed by atoms with van der Waals surface area (Å²) in [6.45, 7) is 2.55.